The monoisotopic (exact) mass is 616 g/mol. The second-order valence-electron chi connectivity index (χ2n) is 7.23. The molecule has 0 spiro atoms. The Balaban J connectivity index is 3.92. The van der Waals surface area contributed by atoms with Crippen molar-refractivity contribution in [1.82, 2.24) is 0 Å². The van der Waals surface area contributed by atoms with E-state index >= 15 is 0 Å². The van der Waals surface area contributed by atoms with Gasteiger partial charge in [0.15, 0.2) is 0 Å². The zero-order valence-corrected chi connectivity index (χ0v) is 19.5. The molecule has 0 aliphatic carbocycles. The van der Waals surface area contributed by atoms with Crippen molar-refractivity contribution in [2.45, 2.75) is 47.6 Å². The summed E-state index contributed by atoms with van der Waals surface area (Å²) in [6, 6.07) is 1.37. The highest BCUT2D eigenvalue weighted by Gasteiger charge is 2.95. The number of hydrogen-bond donors (Lipinski definition) is 0. The van der Waals surface area contributed by atoms with Gasteiger partial charge in [-0.1, -0.05) is 24.3 Å². The molecule has 0 heterocycles. The molecular weight excluding hydrogens is 603 g/mol. The van der Waals surface area contributed by atoms with Gasteiger partial charge in [0.2, 0.25) is 0 Å². The third kappa shape index (κ3) is 4.32. The van der Waals surface area contributed by atoms with E-state index < -0.39 is 67.2 Å². The first-order valence-corrected chi connectivity index (χ1v) is 10.9. The van der Waals surface area contributed by atoms with Crippen LogP contribution in [0.4, 0.5) is 74.6 Å². The molecular formula is C17H13F17O3Si. The second-order valence-corrected chi connectivity index (χ2v) is 10.1. The minimum absolute atomic E-state index is 0.166. The molecule has 0 aromatic heterocycles. The molecule has 0 unspecified atom stereocenters. The summed E-state index contributed by atoms with van der Waals surface area (Å²) in [7, 11) is -2.83. The predicted octanol–water partition coefficient (Wildman–Crippen LogP) is 6.24. The van der Waals surface area contributed by atoms with Gasteiger partial charge in [-0.15, -0.1) is 0 Å². The van der Waals surface area contributed by atoms with Crippen LogP contribution in [0.2, 0.25) is 0 Å². The topological polar surface area (TPSA) is 27.7 Å². The summed E-state index contributed by atoms with van der Waals surface area (Å²) in [5, 5.41) is -1.36. The number of hydrogen-bond acceptors (Lipinski definition) is 3. The zero-order valence-electron chi connectivity index (χ0n) is 18.5. The van der Waals surface area contributed by atoms with Gasteiger partial charge in [0.1, 0.15) is 0 Å². The number of alkyl halides is 17. The average molecular weight is 616 g/mol. The van der Waals surface area contributed by atoms with Gasteiger partial charge in [-0.3, -0.25) is 0 Å². The zero-order chi connectivity index (χ0) is 30.6. The summed E-state index contributed by atoms with van der Waals surface area (Å²) < 4.78 is 245. The Morgan fingerprint density at radius 1 is 0.474 bits per heavy atom. The lowest BCUT2D eigenvalue weighted by Crippen LogP contribution is -2.74. The highest BCUT2D eigenvalue weighted by molar-refractivity contribution is 6.75. The minimum atomic E-state index is -8.70. The predicted molar refractivity (Wildman–Crippen MR) is 92.5 cm³/mol. The lowest BCUT2D eigenvalue weighted by molar-refractivity contribution is -0.462. The Labute approximate surface area is 201 Å². The van der Waals surface area contributed by atoms with E-state index in [0.29, 0.717) is 33.5 Å². The van der Waals surface area contributed by atoms with Crippen LogP contribution in [-0.2, 0) is 19.2 Å². The SMILES string of the molecule is CO[Si](OC)(OC)c1ccccc1C(F)(F)C(F)(F)C(F)(F)C(F)(F)C(F)(F)C(F)(F)C(F)(F)C(F)(F)F. The van der Waals surface area contributed by atoms with Crippen molar-refractivity contribution in [3.05, 3.63) is 29.8 Å². The molecule has 0 radical (unpaired) electrons. The minimum Gasteiger partial charge on any atom is -0.373 e. The van der Waals surface area contributed by atoms with E-state index in [9.17, 15) is 74.6 Å². The van der Waals surface area contributed by atoms with E-state index in [1.165, 1.54) is 0 Å². The Morgan fingerprint density at radius 2 is 0.789 bits per heavy atom. The molecule has 0 N–H and O–H groups in total. The van der Waals surface area contributed by atoms with Crippen LogP contribution in [0.3, 0.4) is 0 Å². The van der Waals surface area contributed by atoms with Gasteiger partial charge >= 0.3 is 56.4 Å². The molecule has 1 aromatic carbocycles. The van der Waals surface area contributed by atoms with Gasteiger partial charge < -0.3 is 13.3 Å². The summed E-state index contributed by atoms with van der Waals surface area (Å²) in [5.41, 5.74) is -2.42. The maximum absolute atomic E-state index is 14.8. The molecule has 3 nitrogen and oxygen atoms in total. The second kappa shape index (κ2) is 9.65. The van der Waals surface area contributed by atoms with Crippen LogP contribution in [0.1, 0.15) is 5.56 Å². The standard InChI is InChI=1S/C17H13F17O3Si/c1-35-38(36-2,37-3)9-7-5-4-6-8(9)10(18,19)11(20,21)12(22,23)13(24,25)14(26,27)15(28,29)16(30,31)17(32,33)34/h4-7H,1-3H3. The first kappa shape index (κ1) is 34.2. The summed E-state index contributed by atoms with van der Waals surface area (Å²) in [6.45, 7) is 0. The van der Waals surface area contributed by atoms with E-state index in [4.69, 9.17) is 0 Å². The van der Waals surface area contributed by atoms with E-state index in [1.807, 2.05) is 0 Å². The van der Waals surface area contributed by atoms with Crippen LogP contribution in [-0.4, -0.2) is 71.8 Å². The lowest BCUT2D eigenvalue weighted by Gasteiger charge is -2.43. The first-order chi connectivity index (χ1) is 16.7. The van der Waals surface area contributed by atoms with Crippen molar-refractivity contribution in [2.24, 2.45) is 0 Å². The molecule has 0 atom stereocenters. The van der Waals surface area contributed by atoms with Gasteiger partial charge in [-0.2, -0.15) is 74.6 Å². The maximum atomic E-state index is 14.8. The van der Waals surface area contributed by atoms with Gasteiger partial charge in [-0.25, -0.2) is 0 Å². The van der Waals surface area contributed by atoms with Crippen molar-refractivity contribution in [2.75, 3.05) is 21.3 Å². The fraction of sp³-hybridized carbons (Fsp3) is 0.647. The highest BCUT2D eigenvalue weighted by Crippen LogP contribution is 2.65. The fourth-order valence-corrected chi connectivity index (χ4v) is 4.97. The first-order valence-electron chi connectivity index (χ1n) is 9.13. The molecule has 0 aliphatic heterocycles. The van der Waals surface area contributed by atoms with Gasteiger partial charge in [0, 0.05) is 32.1 Å². The number of rotatable bonds is 11. The summed E-state index contributed by atoms with van der Waals surface area (Å²) in [4.78, 5) is 0. The normalized spacial score (nSPS) is 15.7. The van der Waals surface area contributed by atoms with E-state index in [2.05, 4.69) is 13.3 Å². The molecule has 0 saturated heterocycles. The van der Waals surface area contributed by atoms with Crippen LogP contribution in [0.25, 0.3) is 0 Å². The Morgan fingerprint density at radius 3 is 1.13 bits per heavy atom. The van der Waals surface area contributed by atoms with E-state index in [0.717, 1.165) is 6.07 Å². The van der Waals surface area contributed by atoms with Gasteiger partial charge in [0.05, 0.1) is 0 Å². The van der Waals surface area contributed by atoms with E-state index in [1.54, 1.807) is 0 Å². The van der Waals surface area contributed by atoms with E-state index in [-0.39, 0.29) is 6.07 Å². The smallest absolute Gasteiger partial charge is 0.373 e. The summed E-state index contributed by atoms with van der Waals surface area (Å²) in [6.07, 6.45) is -7.81. The summed E-state index contributed by atoms with van der Waals surface area (Å²) in [5.74, 6) is -57.2. The van der Waals surface area contributed by atoms with Crippen LogP contribution >= 0.6 is 0 Å². The molecule has 38 heavy (non-hydrogen) atoms. The highest BCUT2D eigenvalue weighted by atomic mass is 28.4. The quantitative estimate of drug-likeness (QED) is 0.218. The Bertz CT molecular complexity index is 980. The van der Waals surface area contributed by atoms with Crippen LogP contribution in [0.15, 0.2) is 24.3 Å². The summed E-state index contributed by atoms with van der Waals surface area (Å²) >= 11 is 0. The molecule has 0 bridgehead atoms. The average Bonchev–Trinajstić information content (AvgIpc) is 2.79. The maximum Gasteiger partial charge on any atom is 0.536 e. The largest absolute Gasteiger partial charge is 0.536 e. The molecule has 222 valence electrons. The van der Waals surface area contributed by atoms with Crippen LogP contribution in [0.5, 0.6) is 0 Å². The van der Waals surface area contributed by atoms with Crippen molar-refractivity contribution in [3.8, 4) is 0 Å². The van der Waals surface area contributed by atoms with Crippen molar-refractivity contribution >= 4 is 14.0 Å². The number of benzene rings is 1. The van der Waals surface area contributed by atoms with Crippen molar-refractivity contribution in [3.63, 3.8) is 0 Å². The molecule has 1 rings (SSSR count). The molecule has 0 saturated carbocycles. The lowest BCUT2D eigenvalue weighted by atomic mass is 9.87. The third-order valence-electron chi connectivity index (χ3n) is 5.12. The van der Waals surface area contributed by atoms with Crippen molar-refractivity contribution < 1.29 is 87.9 Å². The fourth-order valence-electron chi connectivity index (χ4n) is 2.94. The Hall–Kier alpha value is -1.87. The molecule has 0 aliphatic rings. The van der Waals surface area contributed by atoms with Gasteiger partial charge in [-0.05, 0) is 0 Å². The van der Waals surface area contributed by atoms with Crippen LogP contribution in [0, 0.1) is 0 Å². The number of halogens is 17. The Kier molecular flexibility index (Phi) is 8.67. The van der Waals surface area contributed by atoms with Crippen molar-refractivity contribution in [1.29, 1.82) is 0 Å². The third-order valence-corrected chi connectivity index (χ3v) is 7.83. The van der Waals surface area contributed by atoms with Crippen LogP contribution < -0.4 is 5.19 Å². The molecule has 21 heteroatoms. The molecule has 0 fully saturated rings. The molecule has 0 amide bonds. The van der Waals surface area contributed by atoms with Gasteiger partial charge in [0.25, 0.3) is 0 Å². The molecule has 1 aromatic rings.